The minimum atomic E-state index is 0.0172. The standard InChI is InChI=1S/C12H15ClN2O/c1-8-6-15(7-9(8)2)12(16)10-3-4-14-5-11(10)13/h3-5,8-9H,6-7H2,1-2H3. The maximum atomic E-state index is 12.2. The van der Waals surface area contributed by atoms with E-state index in [1.54, 1.807) is 12.3 Å². The maximum Gasteiger partial charge on any atom is 0.255 e. The van der Waals surface area contributed by atoms with Gasteiger partial charge < -0.3 is 4.90 Å². The van der Waals surface area contributed by atoms with Crippen LogP contribution in [0.2, 0.25) is 5.02 Å². The van der Waals surface area contributed by atoms with Gasteiger partial charge in [0.2, 0.25) is 0 Å². The second kappa shape index (κ2) is 4.42. The van der Waals surface area contributed by atoms with Crippen LogP contribution in [0.15, 0.2) is 18.5 Å². The van der Waals surface area contributed by atoms with Gasteiger partial charge in [-0.25, -0.2) is 0 Å². The van der Waals surface area contributed by atoms with Crippen molar-refractivity contribution in [2.45, 2.75) is 13.8 Å². The van der Waals surface area contributed by atoms with Crippen LogP contribution in [0.5, 0.6) is 0 Å². The van der Waals surface area contributed by atoms with Crippen LogP contribution in [0.3, 0.4) is 0 Å². The van der Waals surface area contributed by atoms with Crippen LogP contribution < -0.4 is 0 Å². The lowest BCUT2D eigenvalue weighted by molar-refractivity contribution is 0.0785. The molecule has 2 unspecified atom stereocenters. The van der Waals surface area contributed by atoms with Crippen molar-refractivity contribution in [1.82, 2.24) is 9.88 Å². The fourth-order valence-corrected chi connectivity index (χ4v) is 2.21. The van der Waals surface area contributed by atoms with Crippen molar-refractivity contribution < 1.29 is 4.79 Å². The lowest BCUT2D eigenvalue weighted by atomic mass is 10.0. The monoisotopic (exact) mass is 238 g/mol. The molecule has 0 N–H and O–H groups in total. The zero-order chi connectivity index (χ0) is 11.7. The first-order chi connectivity index (χ1) is 7.59. The molecule has 1 aliphatic heterocycles. The molecule has 0 aromatic carbocycles. The van der Waals surface area contributed by atoms with E-state index >= 15 is 0 Å². The van der Waals surface area contributed by atoms with E-state index in [0.29, 0.717) is 22.4 Å². The summed E-state index contributed by atoms with van der Waals surface area (Å²) in [6.07, 6.45) is 3.11. The van der Waals surface area contributed by atoms with E-state index in [2.05, 4.69) is 18.8 Å². The summed E-state index contributed by atoms with van der Waals surface area (Å²) in [7, 11) is 0. The van der Waals surface area contributed by atoms with Gasteiger partial charge in [0.25, 0.3) is 5.91 Å². The molecule has 4 heteroatoms. The molecule has 2 atom stereocenters. The predicted octanol–water partition coefficient (Wildman–Crippen LogP) is 2.46. The largest absolute Gasteiger partial charge is 0.338 e. The Morgan fingerprint density at radius 3 is 2.62 bits per heavy atom. The minimum absolute atomic E-state index is 0.0172. The van der Waals surface area contributed by atoms with Gasteiger partial charge in [-0.3, -0.25) is 9.78 Å². The summed E-state index contributed by atoms with van der Waals surface area (Å²) in [6, 6.07) is 1.68. The zero-order valence-electron chi connectivity index (χ0n) is 9.48. The molecular formula is C12H15ClN2O. The average molecular weight is 239 g/mol. The Morgan fingerprint density at radius 1 is 1.44 bits per heavy atom. The molecule has 16 heavy (non-hydrogen) atoms. The summed E-state index contributed by atoms with van der Waals surface area (Å²) in [6.45, 7) is 5.98. The van der Waals surface area contributed by atoms with Crippen molar-refractivity contribution in [2.75, 3.05) is 13.1 Å². The molecule has 0 bridgehead atoms. The lowest BCUT2D eigenvalue weighted by Gasteiger charge is -2.16. The van der Waals surface area contributed by atoms with E-state index < -0.39 is 0 Å². The number of carbonyl (C=O) groups excluding carboxylic acids is 1. The van der Waals surface area contributed by atoms with Crippen LogP contribution in [-0.4, -0.2) is 28.9 Å². The number of aromatic nitrogens is 1. The number of likely N-dealkylation sites (tertiary alicyclic amines) is 1. The van der Waals surface area contributed by atoms with E-state index in [1.807, 2.05) is 4.90 Å². The molecule has 3 nitrogen and oxygen atoms in total. The van der Waals surface area contributed by atoms with Gasteiger partial charge in [-0.15, -0.1) is 0 Å². The quantitative estimate of drug-likeness (QED) is 0.753. The molecule has 1 fully saturated rings. The Balaban J connectivity index is 2.18. The van der Waals surface area contributed by atoms with Gasteiger partial charge in [0.05, 0.1) is 10.6 Å². The summed E-state index contributed by atoms with van der Waals surface area (Å²) < 4.78 is 0. The topological polar surface area (TPSA) is 33.2 Å². The first-order valence-electron chi connectivity index (χ1n) is 5.48. The zero-order valence-corrected chi connectivity index (χ0v) is 10.2. The molecule has 0 aliphatic carbocycles. The molecule has 1 amide bonds. The van der Waals surface area contributed by atoms with Crippen LogP contribution in [0, 0.1) is 11.8 Å². The van der Waals surface area contributed by atoms with Crippen LogP contribution in [0.25, 0.3) is 0 Å². The number of hydrogen-bond acceptors (Lipinski definition) is 2. The molecule has 1 aromatic rings. The second-order valence-corrected chi connectivity index (χ2v) is 4.93. The van der Waals surface area contributed by atoms with E-state index in [-0.39, 0.29) is 5.91 Å². The SMILES string of the molecule is CC1CN(C(=O)c2ccncc2Cl)CC1C. The Labute approximate surface area is 100 Å². The molecule has 2 rings (SSSR count). The van der Waals surface area contributed by atoms with Gasteiger partial charge in [-0.05, 0) is 17.9 Å². The molecule has 0 spiro atoms. The van der Waals surface area contributed by atoms with Crippen molar-refractivity contribution in [3.63, 3.8) is 0 Å². The van der Waals surface area contributed by atoms with Gasteiger partial charge in [0, 0.05) is 25.5 Å². The number of carbonyl (C=O) groups is 1. The summed E-state index contributed by atoms with van der Waals surface area (Å²) in [5.41, 5.74) is 0.554. The Kier molecular flexibility index (Phi) is 3.15. The van der Waals surface area contributed by atoms with E-state index in [4.69, 9.17) is 11.6 Å². The molecule has 0 radical (unpaired) electrons. The number of pyridine rings is 1. The molecular weight excluding hydrogens is 224 g/mol. The molecule has 1 aliphatic rings. The van der Waals surface area contributed by atoms with E-state index in [0.717, 1.165) is 13.1 Å². The minimum Gasteiger partial charge on any atom is -0.338 e. The summed E-state index contributed by atoms with van der Waals surface area (Å²) in [5.74, 6) is 1.14. The average Bonchev–Trinajstić information content (AvgIpc) is 2.59. The fourth-order valence-electron chi connectivity index (χ4n) is 2.01. The third-order valence-electron chi connectivity index (χ3n) is 3.28. The number of halogens is 1. The first-order valence-corrected chi connectivity index (χ1v) is 5.86. The highest BCUT2D eigenvalue weighted by molar-refractivity contribution is 6.33. The van der Waals surface area contributed by atoms with Gasteiger partial charge in [-0.2, -0.15) is 0 Å². The van der Waals surface area contributed by atoms with Gasteiger partial charge in [0.15, 0.2) is 0 Å². The molecule has 1 aromatic heterocycles. The Hall–Kier alpha value is -1.09. The van der Waals surface area contributed by atoms with Crippen LogP contribution in [0.1, 0.15) is 24.2 Å². The second-order valence-electron chi connectivity index (χ2n) is 4.52. The van der Waals surface area contributed by atoms with E-state index in [1.165, 1.54) is 6.20 Å². The highest BCUT2D eigenvalue weighted by atomic mass is 35.5. The van der Waals surface area contributed by atoms with Crippen molar-refractivity contribution >= 4 is 17.5 Å². The highest BCUT2D eigenvalue weighted by Gasteiger charge is 2.30. The summed E-state index contributed by atoms with van der Waals surface area (Å²) in [4.78, 5) is 17.9. The van der Waals surface area contributed by atoms with Crippen molar-refractivity contribution in [3.8, 4) is 0 Å². The number of amides is 1. The Morgan fingerprint density at radius 2 is 2.06 bits per heavy atom. The van der Waals surface area contributed by atoms with Crippen molar-refractivity contribution in [2.24, 2.45) is 11.8 Å². The Bertz CT molecular complexity index is 398. The van der Waals surface area contributed by atoms with Gasteiger partial charge in [-0.1, -0.05) is 25.4 Å². The van der Waals surface area contributed by atoms with Crippen molar-refractivity contribution in [3.05, 3.63) is 29.0 Å². The number of rotatable bonds is 1. The van der Waals surface area contributed by atoms with Crippen LogP contribution >= 0.6 is 11.6 Å². The van der Waals surface area contributed by atoms with Crippen molar-refractivity contribution in [1.29, 1.82) is 0 Å². The van der Waals surface area contributed by atoms with Crippen LogP contribution in [0.4, 0.5) is 0 Å². The third-order valence-corrected chi connectivity index (χ3v) is 3.58. The van der Waals surface area contributed by atoms with E-state index in [9.17, 15) is 4.79 Å². The van der Waals surface area contributed by atoms with Gasteiger partial charge in [0.1, 0.15) is 0 Å². The molecule has 0 saturated carbocycles. The summed E-state index contributed by atoms with van der Waals surface area (Å²) in [5, 5.41) is 0.430. The molecule has 1 saturated heterocycles. The molecule has 2 heterocycles. The highest BCUT2D eigenvalue weighted by Crippen LogP contribution is 2.25. The lowest BCUT2D eigenvalue weighted by Crippen LogP contribution is -2.29. The van der Waals surface area contributed by atoms with Gasteiger partial charge >= 0.3 is 0 Å². The third kappa shape index (κ3) is 2.05. The van der Waals surface area contributed by atoms with Crippen LogP contribution in [-0.2, 0) is 0 Å². The number of hydrogen-bond donors (Lipinski definition) is 0. The molecule has 86 valence electrons. The summed E-state index contributed by atoms with van der Waals surface area (Å²) >= 11 is 5.96. The first kappa shape index (κ1) is 11.4. The fraction of sp³-hybridized carbons (Fsp3) is 0.500. The maximum absolute atomic E-state index is 12.2. The smallest absolute Gasteiger partial charge is 0.255 e. The number of nitrogens with zero attached hydrogens (tertiary/aromatic N) is 2. The predicted molar refractivity (Wildman–Crippen MR) is 63.5 cm³/mol. The normalized spacial score (nSPS) is 24.8.